The molecule has 0 bridgehead atoms. The molecule has 0 saturated carbocycles. The van der Waals surface area contributed by atoms with Crippen molar-refractivity contribution in [2.75, 3.05) is 46.2 Å². The summed E-state index contributed by atoms with van der Waals surface area (Å²) in [5.41, 5.74) is 0. The number of carbonyl (C=O) groups excluding carboxylic acids is 2. The van der Waals surface area contributed by atoms with E-state index < -0.39 is 0 Å². The maximum absolute atomic E-state index is 12.5. The summed E-state index contributed by atoms with van der Waals surface area (Å²) in [6, 6.07) is 3.57. The van der Waals surface area contributed by atoms with Gasteiger partial charge in [-0.15, -0.1) is 0 Å². The third-order valence-corrected chi connectivity index (χ3v) is 4.14. The lowest BCUT2D eigenvalue weighted by atomic mass is 10.3. The molecule has 1 aliphatic heterocycles. The van der Waals surface area contributed by atoms with Crippen molar-refractivity contribution >= 4 is 23.6 Å². The molecule has 0 atom stereocenters. The van der Waals surface area contributed by atoms with E-state index in [-0.39, 0.29) is 18.4 Å². The van der Waals surface area contributed by atoms with Crippen LogP contribution in [0.4, 0.5) is 0 Å². The minimum absolute atomic E-state index is 0.0305. The van der Waals surface area contributed by atoms with Gasteiger partial charge in [-0.2, -0.15) is 11.8 Å². The largest absolute Gasteiger partial charge is 0.455 e. The molecule has 7 heteroatoms. The maximum atomic E-state index is 12.5. The minimum Gasteiger partial charge on any atom is -0.455 e. The Balaban J connectivity index is 1.94. The topological polar surface area (TPSA) is 63.0 Å². The number of thioether (sulfide) groups is 1. The van der Waals surface area contributed by atoms with E-state index >= 15 is 0 Å². The molecule has 1 aromatic heterocycles. The molecule has 1 aliphatic rings. The Kier molecular flexibility index (Phi) is 6.33. The summed E-state index contributed by atoms with van der Waals surface area (Å²) < 4.78 is 10.5. The van der Waals surface area contributed by atoms with Crippen molar-refractivity contribution in [1.82, 2.24) is 9.80 Å². The first-order chi connectivity index (χ1) is 10.7. The standard InChI is InChI=1S/C15H22N2O4S/c1-20-10-14(18)16-6-3-7-17(9-8-16)15(19)13-5-4-12(21-13)11-22-2/h4-5H,3,6-11H2,1-2H3. The molecule has 0 spiro atoms. The van der Waals surface area contributed by atoms with E-state index in [0.717, 1.165) is 17.9 Å². The molecule has 2 heterocycles. The molecule has 1 saturated heterocycles. The predicted molar refractivity (Wildman–Crippen MR) is 84.9 cm³/mol. The van der Waals surface area contributed by atoms with Crippen LogP contribution in [-0.4, -0.2) is 67.8 Å². The maximum Gasteiger partial charge on any atom is 0.289 e. The number of hydrogen-bond donors (Lipinski definition) is 0. The molecule has 1 fully saturated rings. The Hall–Kier alpha value is -1.47. The molecule has 6 nitrogen and oxygen atoms in total. The van der Waals surface area contributed by atoms with Crippen LogP contribution in [0.2, 0.25) is 0 Å². The Bertz CT molecular complexity index is 517. The summed E-state index contributed by atoms with van der Waals surface area (Å²) in [4.78, 5) is 27.8. The third-order valence-electron chi connectivity index (χ3n) is 3.56. The van der Waals surface area contributed by atoms with E-state index in [2.05, 4.69) is 0 Å². The van der Waals surface area contributed by atoms with Gasteiger partial charge in [0.2, 0.25) is 5.91 Å². The minimum atomic E-state index is -0.103. The quantitative estimate of drug-likeness (QED) is 0.820. The molecule has 0 N–H and O–H groups in total. The zero-order chi connectivity index (χ0) is 15.9. The second kappa shape index (κ2) is 8.24. The normalized spacial score (nSPS) is 15.7. The average Bonchev–Trinajstić information content (AvgIpc) is 2.83. The van der Waals surface area contributed by atoms with Crippen LogP contribution < -0.4 is 0 Å². The van der Waals surface area contributed by atoms with Crippen LogP contribution in [0.15, 0.2) is 16.5 Å². The summed E-state index contributed by atoms with van der Waals surface area (Å²) in [6.07, 6.45) is 2.75. The molecule has 2 amide bonds. The van der Waals surface area contributed by atoms with Gasteiger partial charge in [-0.3, -0.25) is 9.59 Å². The lowest BCUT2D eigenvalue weighted by molar-refractivity contribution is -0.135. The Labute approximate surface area is 134 Å². The van der Waals surface area contributed by atoms with Crippen LogP contribution in [0, 0.1) is 0 Å². The zero-order valence-corrected chi connectivity index (χ0v) is 13.9. The lowest BCUT2D eigenvalue weighted by Gasteiger charge is -2.21. The van der Waals surface area contributed by atoms with Gasteiger partial charge in [0.15, 0.2) is 5.76 Å². The second-order valence-corrected chi connectivity index (χ2v) is 6.02. The molecular formula is C15H22N2O4S. The molecule has 0 radical (unpaired) electrons. The van der Waals surface area contributed by atoms with Crippen LogP contribution in [-0.2, 0) is 15.3 Å². The predicted octanol–water partition coefficient (Wildman–Crippen LogP) is 1.46. The van der Waals surface area contributed by atoms with Gasteiger partial charge < -0.3 is 19.0 Å². The van der Waals surface area contributed by atoms with Gasteiger partial charge in [0, 0.05) is 33.3 Å². The van der Waals surface area contributed by atoms with Crippen molar-refractivity contribution in [3.8, 4) is 0 Å². The lowest BCUT2D eigenvalue weighted by Crippen LogP contribution is -2.38. The van der Waals surface area contributed by atoms with Crippen molar-refractivity contribution in [3.05, 3.63) is 23.7 Å². The van der Waals surface area contributed by atoms with Crippen LogP contribution in [0.1, 0.15) is 22.7 Å². The smallest absolute Gasteiger partial charge is 0.289 e. The monoisotopic (exact) mass is 326 g/mol. The van der Waals surface area contributed by atoms with Crippen molar-refractivity contribution in [2.45, 2.75) is 12.2 Å². The van der Waals surface area contributed by atoms with E-state index in [9.17, 15) is 9.59 Å². The number of furan rings is 1. The summed E-state index contributed by atoms with van der Waals surface area (Å²) in [7, 11) is 1.51. The fourth-order valence-corrected chi connectivity index (χ4v) is 2.89. The first-order valence-corrected chi connectivity index (χ1v) is 8.68. The number of rotatable bonds is 5. The van der Waals surface area contributed by atoms with Crippen molar-refractivity contribution < 1.29 is 18.7 Å². The molecule has 2 rings (SSSR count). The van der Waals surface area contributed by atoms with Crippen molar-refractivity contribution in [1.29, 1.82) is 0 Å². The van der Waals surface area contributed by atoms with E-state index in [1.165, 1.54) is 7.11 Å². The van der Waals surface area contributed by atoms with Gasteiger partial charge in [-0.05, 0) is 24.8 Å². The molecule has 22 heavy (non-hydrogen) atoms. The fraction of sp³-hybridized carbons (Fsp3) is 0.600. The molecule has 1 aromatic rings. The molecule has 0 aliphatic carbocycles. The number of methoxy groups -OCH3 is 1. The summed E-state index contributed by atoms with van der Waals surface area (Å²) in [5, 5.41) is 0. The summed E-state index contributed by atoms with van der Waals surface area (Å²) in [6.45, 7) is 2.43. The highest BCUT2D eigenvalue weighted by molar-refractivity contribution is 7.97. The molecule has 0 aromatic carbocycles. The number of nitrogens with zero attached hydrogens (tertiary/aromatic N) is 2. The van der Waals surface area contributed by atoms with Crippen molar-refractivity contribution in [2.24, 2.45) is 0 Å². The van der Waals surface area contributed by atoms with Crippen molar-refractivity contribution in [3.63, 3.8) is 0 Å². The second-order valence-electron chi connectivity index (χ2n) is 5.16. The zero-order valence-electron chi connectivity index (χ0n) is 13.0. The summed E-state index contributed by atoms with van der Waals surface area (Å²) in [5.74, 6) is 1.81. The fourth-order valence-electron chi connectivity index (χ4n) is 2.45. The highest BCUT2D eigenvalue weighted by atomic mass is 32.2. The number of carbonyl (C=O) groups is 2. The van der Waals surface area contributed by atoms with Gasteiger partial charge in [0.25, 0.3) is 5.91 Å². The van der Waals surface area contributed by atoms with E-state index in [0.29, 0.717) is 31.9 Å². The third kappa shape index (κ3) is 4.27. The molecule has 0 unspecified atom stereocenters. The summed E-state index contributed by atoms with van der Waals surface area (Å²) >= 11 is 1.65. The first kappa shape index (κ1) is 16.9. The van der Waals surface area contributed by atoms with Gasteiger partial charge in [-0.25, -0.2) is 0 Å². The Morgan fingerprint density at radius 2 is 1.95 bits per heavy atom. The average molecular weight is 326 g/mol. The van der Waals surface area contributed by atoms with Gasteiger partial charge in [-0.1, -0.05) is 0 Å². The van der Waals surface area contributed by atoms with Crippen LogP contribution >= 0.6 is 11.8 Å². The number of hydrogen-bond acceptors (Lipinski definition) is 5. The van der Waals surface area contributed by atoms with Gasteiger partial charge in [0.05, 0.1) is 5.75 Å². The van der Waals surface area contributed by atoms with Gasteiger partial charge in [0.1, 0.15) is 12.4 Å². The molecule has 122 valence electrons. The van der Waals surface area contributed by atoms with E-state index in [1.54, 1.807) is 27.6 Å². The number of amides is 2. The van der Waals surface area contributed by atoms with Crippen LogP contribution in [0.5, 0.6) is 0 Å². The molecular weight excluding hydrogens is 304 g/mol. The highest BCUT2D eigenvalue weighted by Gasteiger charge is 2.24. The SMILES string of the molecule is COCC(=O)N1CCCN(C(=O)c2ccc(CSC)o2)CC1. The Morgan fingerprint density at radius 3 is 2.68 bits per heavy atom. The van der Waals surface area contributed by atoms with Gasteiger partial charge >= 0.3 is 0 Å². The number of ether oxygens (including phenoxy) is 1. The van der Waals surface area contributed by atoms with E-state index in [1.807, 2.05) is 12.3 Å². The highest BCUT2D eigenvalue weighted by Crippen LogP contribution is 2.16. The first-order valence-electron chi connectivity index (χ1n) is 7.29. The Morgan fingerprint density at radius 1 is 1.23 bits per heavy atom. The van der Waals surface area contributed by atoms with Crippen LogP contribution in [0.25, 0.3) is 0 Å². The van der Waals surface area contributed by atoms with Crippen LogP contribution in [0.3, 0.4) is 0 Å². The van der Waals surface area contributed by atoms with E-state index in [4.69, 9.17) is 9.15 Å².